The van der Waals surface area contributed by atoms with Crippen LogP contribution >= 0.6 is 22.6 Å². The summed E-state index contributed by atoms with van der Waals surface area (Å²) >= 11 is 1.82. The number of aromatic carboxylic acids is 1. The molecule has 6 N–H and O–H groups in total. The maximum absolute atomic E-state index is 13.5. The number of aromatic nitrogens is 7. The fourth-order valence-corrected chi connectivity index (χ4v) is 14.5. The molecule has 0 atom stereocenters. The fourth-order valence-electron chi connectivity index (χ4n) is 10.8. The van der Waals surface area contributed by atoms with Crippen LogP contribution in [0.15, 0.2) is 122 Å². The van der Waals surface area contributed by atoms with E-state index in [0.717, 1.165) is 60.8 Å². The minimum absolute atomic E-state index is 0.0493. The number of anilines is 1. The average molecular weight is 1630 g/mol. The number of ketones is 1. The first-order chi connectivity index (χ1) is 49.9. The number of para-hydroxylation sites is 1. The van der Waals surface area contributed by atoms with Crippen LogP contribution < -0.4 is 39.8 Å². The Balaban J connectivity index is 0.000000179. The number of sulfonamides is 2. The highest BCUT2D eigenvalue weighted by atomic mass is 127. The SMILES string of the molecule is CCc1cc(C)cc(CC)c1-c1c(OC(=O)C(C)(C)C)n2n(c1=O)CCOCC2.COc1ccccc1C(=O)NS(=O)(=O)c1ccc(C(=O)NC2CC2)cc1.COc1nc(C)nc(NC(=O)NS(=O)(=O)c2cc(I)ccc2C(=O)O)n1.Cc1c(C(=O)c2cnn(C)c2O)ccc(S(C)(=O)=O)c1C1=NOCC1. The highest BCUT2D eigenvalue weighted by molar-refractivity contribution is 14.1. The van der Waals surface area contributed by atoms with Gasteiger partial charge < -0.3 is 39.3 Å². The number of aryl methyl sites for hydroxylation is 5. The number of carboxylic acid groups (broad SMARTS) is 1. The highest BCUT2D eigenvalue weighted by Crippen LogP contribution is 2.37. The first-order valence-corrected chi connectivity index (χ1v) is 38.7. The molecule has 3 aromatic heterocycles. The molecule has 0 unspecified atom stereocenters. The van der Waals surface area contributed by atoms with Gasteiger partial charge in [-0.3, -0.25) is 29.3 Å². The molecule has 0 saturated heterocycles. The van der Waals surface area contributed by atoms with E-state index in [-0.39, 0.29) is 79.4 Å². The highest BCUT2D eigenvalue weighted by Gasteiger charge is 2.34. The Morgan fingerprint density at radius 2 is 1.36 bits per heavy atom. The Labute approximate surface area is 624 Å². The Bertz CT molecular complexity index is 5160. The van der Waals surface area contributed by atoms with Crippen LogP contribution in [0.2, 0.25) is 0 Å². The van der Waals surface area contributed by atoms with E-state index in [1.165, 1.54) is 93.2 Å². The number of carbonyl (C=O) groups is 6. The summed E-state index contributed by atoms with van der Waals surface area (Å²) in [5, 5.41) is 31.8. The standard InChI is InChI=1S/C23H32N2O4.C18H18N2O5S.C16H17N3O5S.C13H12IN5O6S/c1-7-16-13-15(3)14-17(8-2)18(16)19-20(26)24-9-11-28-12-10-25(24)21(19)29-22(27)23(4,5)6;1-25-16-5-3-2-4-15(16)18(22)20-26(23,24)14-10-6-12(7-11-14)17(21)19-13-8-9-13;1-9-10(15(20)11-8-17-19(2)16(11)21)4-5-13(25(3,22)23)14(9)12-6-7-24-18-12;1-6-15-11(18-13(16-6)25-2)17-12(22)19-26(23,24)9-5-7(14)3-4-8(9)10(20)21/h13-14H,7-12H2,1-6H3;2-7,10-11,13H,8-9H2,1H3,(H,19,21)(H,20,22);4-5,8,21H,6-7H2,1-3H3;3-5H,1-2H3,(H,20,21)(H2,15,16,17,18,19,22). The third-order valence-electron chi connectivity index (χ3n) is 16.2. The number of oxime groups is 1. The number of ether oxygens (including phenoxy) is 4. The molecule has 2 aliphatic heterocycles. The van der Waals surface area contributed by atoms with Crippen LogP contribution in [-0.4, -0.2) is 157 Å². The molecule has 32 nitrogen and oxygen atoms in total. The maximum Gasteiger partial charge on any atom is 0.337 e. The number of nitrogens with one attached hydrogen (secondary N) is 4. The van der Waals surface area contributed by atoms with Gasteiger partial charge in [0.15, 0.2) is 15.6 Å². The summed E-state index contributed by atoms with van der Waals surface area (Å²) in [6, 6.07) is 21.5. The number of methoxy groups -OCH3 is 2. The van der Waals surface area contributed by atoms with Gasteiger partial charge in [0.1, 0.15) is 34.2 Å². The smallest absolute Gasteiger partial charge is 0.337 e. The molecule has 0 spiro atoms. The van der Waals surface area contributed by atoms with E-state index >= 15 is 0 Å². The number of hydrogen-bond acceptors (Lipinski definition) is 24. The molecule has 1 saturated carbocycles. The minimum atomic E-state index is -4.45. The van der Waals surface area contributed by atoms with E-state index in [4.69, 9.17) is 28.9 Å². The lowest BCUT2D eigenvalue weighted by atomic mass is 9.91. The number of hydrogen-bond donors (Lipinski definition) is 6. The lowest BCUT2D eigenvalue weighted by Gasteiger charge is -2.19. The molecule has 0 bridgehead atoms. The lowest BCUT2D eigenvalue weighted by Crippen LogP contribution is -2.35. The van der Waals surface area contributed by atoms with Gasteiger partial charge >= 0.3 is 24.0 Å². The summed E-state index contributed by atoms with van der Waals surface area (Å²) < 4.78 is 104. The van der Waals surface area contributed by atoms with Crippen molar-refractivity contribution >= 4 is 99.7 Å². The molecule has 1 fully saturated rings. The van der Waals surface area contributed by atoms with E-state index in [2.05, 4.69) is 68.7 Å². The van der Waals surface area contributed by atoms with Crippen LogP contribution in [0.1, 0.15) is 135 Å². The molecular weight excluding hydrogens is 1550 g/mol. The van der Waals surface area contributed by atoms with Gasteiger partial charge in [-0.1, -0.05) is 48.8 Å². The van der Waals surface area contributed by atoms with Gasteiger partial charge in [-0.25, -0.2) is 58.3 Å². The first-order valence-electron chi connectivity index (χ1n) is 32.7. The van der Waals surface area contributed by atoms with Gasteiger partial charge in [0.25, 0.3) is 37.4 Å². The van der Waals surface area contributed by atoms with Crippen molar-refractivity contribution in [2.45, 2.75) is 121 Å². The van der Waals surface area contributed by atoms with E-state index in [1.54, 1.807) is 39.2 Å². The summed E-state index contributed by atoms with van der Waals surface area (Å²) in [5.74, 6) is -2.91. The number of urea groups is 1. The topological polar surface area (TPSA) is 435 Å². The summed E-state index contributed by atoms with van der Waals surface area (Å²) in [4.78, 5) is 102. The third-order valence-corrected chi connectivity index (χ3v) is 20.7. The van der Waals surface area contributed by atoms with Crippen molar-refractivity contribution in [2.75, 3.05) is 45.6 Å². The number of carboxylic acids is 1. The molecule has 5 aromatic carbocycles. The van der Waals surface area contributed by atoms with E-state index in [9.17, 15) is 63.9 Å². The lowest BCUT2D eigenvalue weighted by molar-refractivity contribution is -0.143. The van der Waals surface area contributed by atoms with Gasteiger partial charge in [-0.05, 0) is 179 Å². The molecule has 0 radical (unpaired) electrons. The van der Waals surface area contributed by atoms with Crippen molar-refractivity contribution in [1.29, 1.82) is 0 Å². The Morgan fingerprint density at radius 3 is 1.92 bits per heavy atom. The maximum atomic E-state index is 13.5. The van der Waals surface area contributed by atoms with Crippen LogP contribution in [0, 0.1) is 29.8 Å². The average Bonchev–Trinajstić information content (AvgIpc) is 1.67. The second kappa shape index (κ2) is 34.2. The summed E-state index contributed by atoms with van der Waals surface area (Å²) in [6.45, 7) is 17.1. The number of halogens is 1. The predicted octanol–water partition coefficient (Wildman–Crippen LogP) is 7.63. The van der Waals surface area contributed by atoms with Crippen molar-refractivity contribution in [3.8, 4) is 34.6 Å². The van der Waals surface area contributed by atoms with Gasteiger partial charge in [-0.2, -0.15) is 20.1 Å². The van der Waals surface area contributed by atoms with Crippen LogP contribution in [-0.2, 0) is 77.2 Å². The molecule has 1 aliphatic carbocycles. The zero-order chi connectivity index (χ0) is 77.9. The van der Waals surface area contributed by atoms with Crippen LogP contribution in [0.25, 0.3) is 11.1 Å². The van der Waals surface area contributed by atoms with Gasteiger partial charge in [0.05, 0.1) is 78.8 Å². The summed E-state index contributed by atoms with van der Waals surface area (Å²) in [7, 11) is -7.82. The number of sulfone groups is 1. The number of fused-ring (bicyclic) bond motifs is 1. The number of carbonyl (C=O) groups excluding carboxylic acids is 5. The van der Waals surface area contributed by atoms with Crippen molar-refractivity contribution < 1.29 is 88.0 Å². The van der Waals surface area contributed by atoms with E-state index in [0.29, 0.717) is 76.7 Å². The number of benzene rings is 5. The Hall–Kier alpha value is -10.4. The zero-order valence-electron chi connectivity index (χ0n) is 59.8. The first kappa shape index (κ1) is 81.2. The summed E-state index contributed by atoms with van der Waals surface area (Å²) in [6.07, 6.45) is 6.36. The summed E-state index contributed by atoms with van der Waals surface area (Å²) in [5.41, 5.74) is 5.67. The van der Waals surface area contributed by atoms with Crippen LogP contribution in [0.5, 0.6) is 23.5 Å². The monoisotopic (exact) mass is 1630 g/mol. The third kappa shape index (κ3) is 19.7. The van der Waals surface area contributed by atoms with Crippen LogP contribution in [0.4, 0.5) is 10.7 Å². The number of amides is 4. The second-order valence-electron chi connectivity index (χ2n) is 25.1. The molecule has 564 valence electrons. The van der Waals surface area contributed by atoms with E-state index < -0.39 is 69.4 Å². The van der Waals surface area contributed by atoms with Gasteiger partial charge in [0.2, 0.25) is 17.7 Å². The molecule has 4 amide bonds. The van der Waals surface area contributed by atoms with Gasteiger partial charge in [0, 0.05) is 46.0 Å². The molecule has 36 heteroatoms. The Kier molecular flexibility index (Phi) is 26.2. The molecule has 106 heavy (non-hydrogen) atoms. The predicted molar refractivity (Wildman–Crippen MR) is 394 cm³/mol. The molecule has 5 heterocycles. The fraction of sp³-hybridized carbons (Fsp3) is 0.343. The van der Waals surface area contributed by atoms with Crippen molar-refractivity contribution in [3.05, 3.63) is 173 Å². The number of aromatic hydroxyl groups is 1. The number of esters is 1. The Morgan fingerprint density at radius 1 is 0.717 bits per heavy atom. The van der Waals surface area contributed by atoms with Crippen molar-refractivity contribution in [3.63, 3.8) is 0 Å². The normalized spacial score (nSPS) is 13.3. The number of rotatable bonds is 19. The quantitative estimate of drug-likeness (QED) is 0.0257. The van der Waals surface area contributed by atoms with E-state index in [1.807, 2.05) is 48.1 Å². The molecular formula is C70H79IN12O20S3. The van der Waals surface area contributed by atoms with Crippen molar-refractivity contribution in [1.82, 2.24) is 48.9 Å². The number of nitrogens with zero attached hydrogens (tertiary/aromatic N) is 8. The molecule has 8 aromatic rings. The minimum Gasteiger partial charge on any atom is -0.496 e. The van der Waals surface area contributed by atoms with Gasteiger partial charge in [-0.15, -0.1) is 0 Å². The second-order valence-corrected chi connectivity index (χ2v) is 31.7. The molecule has 11 rings (SSSR count). The largest absolute Gasteiger partial charge is 0.496 e. The van der Waals surface area contributed by atoms with Crippen LogP contribution in [0.3, 0.4) is 0 Å². The zero-order valence-corrected chi connectivity index (χ0v) is 64.4. The van der Waals surface area contributed by atoms with Crippen molar-refractivity contribution in [2.24, 2.45) is 17.6 Å². The molecule has 3 aliphatic rings.